The smallest absolute Gasteiger partial charge is 0.435 e. The molecular formula is C14H13F5N2O4. The Labute approximate surface area is 138 Å². The molecule has 1 fully saturated rings. The molecule has 25 heavy (non-hydrogen) atoms. The van der Waals surface area contributed by atoms with Crippen LogP contribution in [0.25, 0.3) is 0 Å². The number of rotatable bonds is 4. The highest BCUT2D eigenvalue weighted by molar-refractivity contribution is 5.86. The van der Waals surface area contributed by atoms with Gasteiger partial charge in [-0.25, -0.2) is 4.79 Å². The molecule has 3 N–H and O–H groups in total. The fourth-order valence-electron chi connectivity index (χ4n) is 2.66. The zero-order chi connectivity index (χ0) is 19.0. The van der Waals surface area contributed by atoms with Gasteiger partial charge in [-0.05, 0) is 24.6 Å². The highest BCUT2D eigenvalue weighted by Gasteiger charge is 2.65. The molecule has 2 amide bonds. The zero-order valence-corrected chi connectivity index (χ0v) is 12.6. The maximum Gasteiger partial charge on any atom is 0.437 e. The summed E-state index contributed by atoms with van der Waals surface area (Å²) in [6.45, 7) is -2.26. The van der Waals surface area contributed by atoms with Gasteiger partial charge in [0.15, 0.2) is 0 Å². The van der Waals surface area contributed by atoms with Crippen molar-refractivity contribution >= 4 is 11.8 Å². The summed E-state index contributed by atoms with van der Waals surface area (Å²) in [6.07, 6.45) is -5.32. The van der Waals surface area contributed by atoms with Crippen LogP contribution in [0.1, 0.15) is 18.5 Å². The van der Waals surface area contributed by atoms with Crippen LogP contribution < -0.4 is 15.4 Å². The van der Waals surface area contributed by atoms with Gasteiger partial charge in [0.2, 0.25) is 5.72 Å². The first kappa shape index (κ1) is 18.9. The number of hydrogen-bond acceptors (Lipinski definition) is 4. The first-order chi connectivity index (χ1) is 11.5. The van der Waals surface area contributed by atoms with E-state index < -0.39 is 42.3 Å². The van der Waals surface area contributed by atoms with E-state index in [9.17, 15) is 36.6 Å². The van der Waals surface area contributed by atoms with Crippen molar-refractivity contribution in [3.8, 4) is 5.75 Å². The van der Waals surface area contributed by atoms with E-state index in [0.717, 1.165) is 31.2 Å². The number of amides is 2. The lowest BCUT2D eigenvalue weighted by Crippen LogP contribution is -2.72. The van der Waals surface area contributed by atoms with E-state index in [4.69, 9.17) is 0 Å². The number of hydrogen-bond donors (Lipinski definition) is 3. The van der Waals surface area contributed by atoms with E-state index in [1.54, 1.807) is 0 Å². The summed E-state index contributed by atoms with van der Waals surface area (Å²) in [5, 5.41) is 13.4. The van der Waals surface area contributed by atoms with Crippen LogP contribution in [-0.4, -0.2) is 35.4 Å². The number of alkyl halides is 5. The normalized spacial score (nSPS) is 26.8. The first-order valence-corrected chi connectivity index (χ1v) is 6.88. The highest BCUT2D eigenvalue weighted by Crippen LogP contribution is 2.42. The van der Waals surface area contributed by atoms with Crippen molar-refractivity contribution in [2.45, 2.75) is 31.5 Å². The van der Waals surface area contributed by atoms with Gasteiger partial charge in [-0.3, -0.25) is 4.79 Å². The second kappa shape index (κ2) is 6.47. The molecule has 0 bridgehead atoms. The van der Waals surface area contributed by atoms with Gasteiger partial charge in [0.1, 0.15) is 11.5 Å². The molecule has 1 heterocycles. The molecule has 2 rings (SSSR count). The van der Waals surface area contributed by atoms with Crippen LogP contribution in [0.4, 0.5) is 26.7 Å². The number of aliphatic hydroxyl groups is 1. The Morgan fingerprint density at radius 2 is 1.84 bits per heavy atom. The third-order valence-electron chi connectivity index (χ3n) is 3.71. The molecule has 138 valence electrons. The molecule has 0 radical (unpaired) electrons. The second-order valence-corrected chi connectivity index (χ2v) is 5.38. The lowest BCUT2D eigenvalue weighted by atomic mass is 9.79. The molecule has 0 aromatic heterocycles. The van der Waals surface area contributed by atoms with Gasteiger partial charge >= 0.3 is 18.8 Å². The van der Waals surface area contributed by atoms with Gasteiger partial charge in [-0.1, -0.05) is 12.1 Å². The van der Waals surface area contributed by atoms with Crippen LogP contribution in [0, 0.1) is 5.92 Å². The molecule has 0 saturated carbocycles. The molecule has 1 saturated heterocycles. The molecule has 1 aromatic rings. The van der Waals surface area contributed by atoms with Gasteiger partial charge in [-0.15, -0.1) is 0 Å². The monoisotopic (exact) mass is 368 g/mol. The quantitative estimate of drug-likeness (QED) is 0.711. The lowest BCUT2D eigenvalue weighted by molar-refractivity contribution is -0.290. The van der Waals surface area contributed by atoms with Crippen LogP contribution in [0.3, 0.4) is 0 Å². The number of urea groups is 1. The summed E-state index contributed by atoms with van der Waals surface area (Å²) in [5.41, 5.74) is -3.77. The van der Waals surface area contributed by atoms with Crippen LogP contribution in [-0.2, 0) is 4.79 Å². The summed E-state index contributed by atoms with van der Waals surface area (Å²) < 4.78 is 68.2. The van der Waals surface area contributed by atoms with E-state index in [1.807, 2.05) is 0 Å². The number of halogens is 5. The van der Waals surface area contributed by atoms with Crippen LogP contribution in [0.2, 0.25) is 0 Å². The molecule has 1 aliphatic rings. The van der Waals surface area contributed by atoms with Gasteiger partial charge in [0, 0.05) is 0 Å². The molecular weight excluding hydrogens is 355 g/mol. The number of benzene rings is 1. The Hall–Kier alpha value is -2.43. The third kappa shape index (κ3) is 3.65. The predicted octanol–water partition coefficient (Wildman–Crippen LogP) is 2.10. The SMILES string of the molecule is CC(=O)[C@H]1[C@H](c2ccc(OC(F)F)cc2)NC(=O)N[C@]1(O)C(F)(F)F. The average molecular weight is 368 g/mol. The fourth-order valence-corrected chi connectivity index (χ4v) is 2.66. The number of ether oxygens (including phenoxy) is 1. The van der Waals surface area contributed by atoms with Gasteiger partial charge in [0.25, 0.3) is 0 Å². The molecule has 11 heteroatoms. The summed E-state index contributed by atoms with van der Waals surface area (Å²) in [7, 11) is 0. The van der Waals surface area contributed by atoms with Crippen LogP contribution >= 0.6 is 0 Å². The van der Waals surface area contributed by atoms with Gasteiger partial charge < -0.3 is 20.5 Å². The molecule has 0 spiro atoms. The van der Waals surface area contributed by atoms with Crippen LogP contribution in [0.5, 0.6) is 5.75 Å². The maximum atomic E-state index is 13.3. The third-order valence-corrected chi connectivity index (χ3v) is 3.71. The second-order valence-electron chi connectivity index (χ2n) is 5.38. The van der Waals surface area contributed by atoms with Crippen molar-refractivity contribution in [3.05, 3.63) is 29.8 Å². The predicted molar refractivity (Wildman–Crippen MR) is 72.7 cm³/mol. The van der Waals surface area contributed by atoms with E-state index in [0.29, 0.717) is 0 Å². The number of ketones is 1. The Morgan fingerprint density at radius 3 is 2.28 bits per heavy atom. The van der Waals surface area contributed by atoms with E-state index in [-0.39, 0.29) is 11.3 Å². The molecule has 0 unspecified atom stereocenters. The summed E-state index contributed by atoms with van der Waals surface area (Å²) in [5.74, 6) is -3.39. The number of carbonyl (C=O) groups is 2. The highest BCUT2D eigenvalue weighted by atomic mass is 19.4. The fraction of sp³-hybridized carbons (Fsp3) is 0.429. The summed E-state index contributed by atoms with van der Waals surface area (Å²) in [4.78, 5) is 23.4. The molecule has 3 atom stereocenters. The molecule has 6 nitrogen and oxygen atoms in total. The van der Waals surface area contributed by atoms with Crippen molar-refractivity contribution in [1.82, 2.24) is 10.6 Å². The van der Waals surface area contributed by atoms with E-state index in [1.165, 1.54) is 5.32 Å². The molecule has 0 aliphatic carbocycles. The summed E-state index contributed by atoms with van der Waals surface area (Å²) in [6, 6.07) is 1.44. The minimum atomic E-state index is -5.32. The Balaban J connectivity index is 2.43. The minimum absolute atomic E-state index is 0.000610. The van der Waals surface area contributed by atoms with Crippen molar-refractivity contribution in [2.75, 3.05) is 0 Å². The Bertz CT molecular complexity index is 664. The van der Waals surface area contributed by atoms with E-state index in [2.05, 4.69) is 10.1 Å². The van der Waals surface area contributed by atoms with Crippen molar-refractivity contribution in [2.24, 2.45) is 5.92 Å². The van der Waals surface area contributed by atoms with Gasteiger partial charge in [0.05, 0.1) is 12.0 Å². The summed E-state index contributed by atoms with van der Waals surface area (Å²) >= 11 is 0. The largest absolute Gasteiger partial charge is 0.437 e. The number of Topliss-reactive ketones (excluding diaryl/α,β-unsaturated/α-hetero) is 1. The Morgan fingerprint density at radius 1 is 1.28 bits per heavy atom. The lowest BCUT2D eigenvalue weighted by Gasteiger charge is -2.44. The van der Waals surface area contributed by atoms with Crippen molar-refractivity contribution in [3.63, 3.8) is 0 Å². The standard InChI is InChI=1S/C14H13F5N2O4/c1-6(22)9-10(7-2-4-8(5-3-7)25-11(15)16)20-12(23)21-13(9,24)14(17,18)19/h2-5,9-11,24H,1H3,(H2,20,21,23)/t9-,10-,13+/m0/s1. The maximum absolute atomic E-state index is 13.3. The zero-order valence-electron chi connectivity index (χ0n) is 12.6. The Kier molecular flexibility index (Phi) is 4.89. The van der Waals surface area contributed by atoms with Crippen molar-refractivity contribution in [1.29, 1.82) is 0 Å². The van der Waals surface area contributed by atoms with E-state index >= 15 is 0 Å². The van der Waals surface area contributed by atoms with Gasteiger partial charge in [-0.2, -0.15) is 22.0 Å². The minimum Gasteiger partial charge on any atom is -0.435 e. The first-order valence-electron chi connectivity index (χ1n) is 6.88. The van der Waals surface area contributed by atoms with Crippen LogP contribution in [0.15, 0.2) is 24.3 Å². The molecule has 1 aliphatic heterocycles. The van der Waals surface area contributed by atoms with Crippen molar-refractivity contribution < 1.29 is 41.4 Å². The number of nitrogens with one attached hydrogen (secondary N) is 2. The number of carbonyl (C=O) groups excluding carboxylic acids is 2. The average Bonchev–Trinajstić information content (AvgIpc) is 2.44. The topological polar surface area (TPSA) is 87.7 Å². The molecule has 1 aromatic carbocycles.